The van der Waals surface area contributed by atoms with Crippen LogP contribution in [-0.4, -0.2) is 21.6 Å². The molecule has 2 aliphatic rings. The third-order valence-corrected chi connectivity index (χ3v) is 15.1. The second-order valence-electron chi connectivity index (χ2n) is 12.3. The van der Waals surface area contributed by atoms with Gasteiger partial charge < -0.3 is 0 Å². The molecule has 4 rings (SSSR count). The van der Waals surface area contributed by atoms with Crippen LogP contribution >= 0.6 is 15.8 Å². The third-order valence-electron chi connectivity index (χ3n) is 7.60. The minimum Gasteiger partial charge on any atom is -0.214 e. The van der Waals surface area contributed by atoms with E-state index in [9.17, 15) is 0 Å². The molecule has 34 heavy (non-hydrogen) atoms. The summed E-state index contributed by atoms with van der Waals surface area (Å²) in [6.45, 7) is 14.9. The Labute approximate surface area is 225 Å². The Hall–Kier alpha value is 0.0795. The number of rotatable bonds is 5. The average Bonchev–Trinajstić information content (AvgIpc) is 3.48. The molecular weight excluding hydrogens is 490 g/mol. The van der Waals surface area contributed by atoms with Crippen molar-refractivity contribution in [3.8, 4) is 0 Å². The van der Waals surface area contributed by atoms with E-state index in [4.69, 9.17) is 0 Å². The maximum Gasteiger partial charge on any atom is 2.00 e. The second-order valence-corrected chi connectivity index (χ2v) is 18.9. The predicted molar refractivity (Wildman–Crippen MR) is 154 cm³/mol. The van der Waals surface area contributed by atoms with E-state index >= 15 is 0 Å². The van der Waals surface area contributed by atoms with Gasteiger partial charge in [-0.15, -0.1) is 13.2 Å². The van der Waals surface area contributed by atoms with Crippen molar-refractivity contribution >= 4 is 21.1 Å². The summed E-state index contributed by atoms with van der Waals surface area (Å²) in [6, 6.07) is 17.5. The Morgan fingerprint density at radius 1 is 0.735 bits per heavy atom. The van der Waals surface area contributed by atoms with Crippen molar-refractivity contribution in [2.75, 3.05) is 0 Å². The fourth-order valence-electron chi connectivity index (χ4n) is 6.22. The standard InChI is InChI=1S/C26H45P2.C5H5.Fe/c1-25(2,3)27(26(4,5)6)20-21-14-13-19-24(21)28(22-15-9-7-10-16-22)23-17-11-8-12-18-23;1-2-4-5-3-1;/h13-14,19,22-23H,7-12,15-18,20H2,1-6H3;1-5H;/q2*-1;+2. The maximum absolute atomic E-state index is 2.57. The largest absolute Gasteiger partial charge is 2.00 e. The van der Waals surface area contributed by atoms with Crippen molar-refractivity contribution in [2.45, 2.75) is 134 Å². The minimum absolute atomic E-state index is 0. The molecule has 2 aliphatic carbocycles. The van der Waals surface area contributed by atoms with Crippen LogP contribution in [0.3, 0.4) is 0 Å². The molecule has 2 fully saturated rings. The average molecular weight is 541 g/mol. The van der Waals surface area contributed by atoms with Gasteiger partial charge in [0, 0.05) is 0 Å². The zero-order chi connectivity index (χ0) is 23.9. The van der Waals surface area contributed by atoms with E-state index in [1.54, 1.807) is 5.56 Å². The molecule has 192 valence electrons. The monoisotopic (exact) mass is 540 g/mol. The van der Waals surface area contributed by atoms with Crippen LogP contribution < -0.4 is 5.30 Å². The first-order valence-corrected chi connectivity index (χ1v) is 16.7. The molecule has 0 aromatic heterocycles. The molecule has 3 heteroatoms. The van der Waals surface area contributed by atoms with Gasteiger partial charge in [-0.1, -0.05) is 94.2 Å². The van der Waals surface area contributed by atoms with E-state index in [0.717, 1.165) is 11.3 Å². The van der Waals surface area contributed by atoms with Crippen molar-refractivity contribution in [1.82, 2.24) is 0 Å². The smallest absolute Gasteiger partial charge is 0.214 e. The van der Waals surface area contributed by atoms with Crippen LogP contribution in [0.5, 0.6) is 0 Å². The van der Waals surface area contributed by atoms with Crippen LogP contribution in [0.25, 0.3) is 0 Å². The van der Waals surface area contributed by atoms with E-state index in [1.807, 2.05) is 35.6 Å². The maximum atomic E-state index is 2.57. The fourth-order valence-corrected chi connectivity index (χ4v) is 13.9. The molecule has 0 atom stereocenters. The van der Waals surface area contributed by atoms with Crippen molar-refractivity contribution in [1.29, 1.82) is 0 Å². The summed E-state index contributed by atoms with van der Waals surface area (Å²) in [4.78, 5) is 0. The van der Waals surface area contributed by atoms with E-state index in [2.05, 4.69) is 59.7 Å². The van der Waals surface area contributed by atoms with Crippen LogP contribution in [0.1, 0.15) is 111 Å². The zero-order valence-electron chi connectivity index (χ0n) is 22.8. The molecule has 0 amide bonds. The van der Waals surface area contributed by atoms with Gasteiger partial charge >= 0.3 is 17.1 Å². The first-order chi connectivity index (χ1) is 15.7. The Balaban J connectivity index is 0.000000603. The summed E-state index contributed by atoms with van der Waals surface area (Å²) in [5.41, 5.74) is 3.78. The quantitative estimate of drug-likeness (QED) is 0.201. The van der Waals surface area contributed by atoms with Gasteiger partial charge in [-0.2, -0.15) is 35.9 Å². The Kier molecular flexibility index (Phi) is 12.6. The first kappa shape index (κ1) is 30.3. The van der Waals surface area contributed by atoms with Crippen molar-refractivity contribution in [2.24, 2.45) is 0 Å². The summed E-state index contributed by atoms with van der Waals surface area (Å²) in [5.74, 6) is 0. The summed E-state index contributed by atoms with van der Waals surface area (Å²) in [5, 5.41) is 2.68. The molecule has 0 spiro atoms. The molecule has 0 N–H and O–H groups in total. The summed E-state index contributed by atoms with van der Waals surface area (Å²) < 4.78 is 0. The summed E-state index contributed by atoms with van der Waals surface area (Å²) in [7, 11) is -0.0266. The van der Waals surface area contributed by atoms with Gasteiger partial charge in [0.25, 0.3) is 0 Å². The molecule has 0 saturated heterocycles. The van der Waals surface area contributed by atoms with Crippen LogP contribution in [0.15, 0.2) is 48.5 Å². The number of hydrogen-bond acceptors (Lipinski definition) is 0. The molecule has 2 aromatic carbocycles. The van der Waals surface area contributed by atoms with E-state index in [1.165, 1.54) is 70.4 Å². The first-order valence-electron chi connectivity index (χ1n) is 13.7. The SMILES string of the molecule is CC(C)(C)P(Cc1cc[cH-]c1P(C1CCCCC1)C1CCCCC1)C(C)(C)C.[Fe+2].c1cc[cH-]c1. The van der Waals surface area contributed by atoms with E-state index < -0.39 is 0 Å². The van der Waals surface area contributed by atoms with Crippen LogP contribution in [0.4, 0.5) is 0 Å². The van der Waals surface area contributed by atoms with Gasteiger partial charge in [0.15, 0.2) is 0 Å². The summed E-state index contributed by atoms with van der Waals surface area (Å²) >= 11 is 0. The van der Waals surface area contributed by atoms with Gasteiger partial charge in [0.1, 0.15) is 0 Å². The van der Waals surface area contributed by atoms with Gasteiger partial charge in [0.2, 0.25) is 0 Å². The van der Waals surface area contributed by atoms with Crippen LogP contribution in [0, 0.1) is 0 Å². The van der Waals surface area contributed by atoms with Crippen LogP contribution in [0.2, 0.25) is 0 Å². The third kappa shape index (κ3) is 8.88. The van der Waals surface area contributed by atoms with Gasteiger partial charge in [-0.25, -0.2) is 18.2 Å². The molecular formula is C31H50FeP2. The molecule has 0 unspecified atom stereocenters. The van der Waals surface area contributed by atoms with Crippen molar-refractivity contribution < 1.29 is 17.1 Å². The fraction of sp³-hybridized carbons (Fsp3) is 0.677. The van der Waals surface area contributed by atoms with Crippen LogP contribution in [-0.2, 0) is 23.2 Å². The molecule has 2 saturated carbocycles. The van der Waals surface area contributed by atoms with E-state index in [-0.39, 0.29) is 32.9 Å². The Bertz CT molecular complexity index is 716. The Morgan fingerprint density at radius 3 is 1.59 bits per heavy atom. The molecule has 0 heterocycles. The van der Waals surface area contributed by atoms with Gasteiger partial charge in [0.05, 0.1) is 0 Å². The van der Waals surface area contributed by atoms with Crippen molar-refractivity contribution in [3.63, 3.8) is 0 Å². The predicted octanol–water partition coefficient (Wildman–Crippen LogP) is 10.2. The molecule has 2 aromatic rings. The molecule has 0 radical (unpaired) electrons. The van der Waals surface area contributed by atoms with Gasteiger partial charge in [-0.3, -0.25) is 0 Å². The zero-order valence-corrected chi connectivity index (χ0v) is 25.7. The molecule has 0 nitrogen and oxygen atoms in total. The molecule has 0 aliphatic heterocycles. The topological polar surface area (TPSA) is 0 Å². The summed E-state index contributed by atoms with van der Waals surface area (Å²) in [6.07, 6.45) is 16.3. The van der Waals surface area contributed by atoms with E-state index in [0.29, 0.717) is 10.3 Å². The second kappa shape index (κ2) is 14.1. The Morgan fingerprint density at radius 2 is 1.21 bits per heavy atom. The van der Waals surface area contributed by atoms with Gasteiger partial charge in [-0.05, 0) is 47.3 Å². The number of hydrogen-bond donors (Lipinski definition) is 0. The minimum atomic E-state index is -0.0588. The normalized spacial score (nSPS) is 18.5. The van der Waals surface area contributed by atoms with Crippen molar-refractivity contribution in [3.05, 3.63) is 54.1 Å². The molecule has 0 bridgehead atoms.